The van der Waals surface area contributed by atoms with Crippen molar-refractivity contribution in [2.24, 2.45) is 15.0 Å². The zero-order valence-corrected chi connectivity index (χ0v) is 77.0. The molecule has 57 nitrogen and oxygen atoms in total. The number of thiol groups is 1. The van der Waals surface area contributed by atoms with E-state index in [1.165, 1.54) is 18.6 Å². The van der Waals surface area contributed by atoms with Crippen molar-refractivity contribution >= 4 is 216 Å². The van der Waals surface area contributed by atoms with Crippen LogP contribution in [0.4, 0.5) is 61.6 Å². The molecule has 0 spiro atoms. The third-order valence-electron chi connectivity index (χ3n) is 21.7. The van der Waals surface area contributed by atoms with Gasteiger partial charge in [-0.15, -0.1) is 15.3 Å². The largest absolute Gasteiger partial charge is 0.386 e. The van der Waals surface area contributed by atoms with Gasteiger partial charge in [-0.1, -0.05) is 27.9 Å². The summed E-state index contributed by atoms with van der Waals surface area (Å²) >= 11 is 29.5. The third kappa shape index (κ3) is 18.8. The molecule has 12 aliphatic rings. The van der Waals surface area contributed by atoms with E-state index >= 15 is 26.3 Å². The second-order valence-corrected chi connectivity index (χ2v) is 47.2. The number of nitrogens with two attached hydrogens (primary N) is 3. The Morgan fingerprint density at radius 1 is 0.370 bits per heavy atom. The van der Waals surface area contributed by atoms with E-state index in [4.69, 9.17) is 159 Å². The van der Waals surface area contributed by atoms with Gasteiger partial charge >= 0.3 is 40.4 Å². The Bertz CT molecular complexity index is 6260. The second kappa shape index (κ2) is 36.8. The van der Waals surface area contributed by atoms with E-state index in [-0.39, 0.29) is 105 Å². The van der Waals surface area contributed by atoms with Crippen LogP contribution in [0.3, 0.4) is 0 Å². The molecule has 21 heterocycles. The number of hydrogen-bond acceptors (Lipinski definition) is 48. The van der Waals surface area contributed by atoms with Crippen LogP contribution < -0.4 is 33.9 Å². The van der Waals surface area contributed by atoms with E-state index in [9.17, 15) is 57.8 Å². The molecule has 0 amide bonds. The number of nitrogens with one attached hydrogen (secondary N) is 3. The summed E-state index contributed by atoms with van der Waals surface area (Å²) in [5.74, 6) is -2.20. The number of ether oxygens (including phenoxy) is 6. The van der Waals surface area contributed by atoms with Gasteiger partial charge in [0.2, 0.25) is 17.8 Å². The Kier molecular flexibility index (Phi) is 26.2. The number of imidazole rings is 3. The Morgan fingerprint density at radius 2 is 0.622 bits per heavy atom. The fraction of sp³-hybridized carbons (Fsp3) is 0.550. The first-order chi connectivity index (χ1) is 63.9. The quantitative estimate of drug-likeness (QED) is 0.0623. The molecule has 12 aliphatic heterocycles. The normalized spacial score (nSPS) is 38.8. The predicted octanol–water partition coefficient (Wildman–Crippen LogP) is 0.833. The first kappa shape index (κ1) is 96.3. The molecular weight excluding hydrogens is 2070 g/mol. The average molecular weight is 2130 g/mol. The molecule has 6 unspecified atom stereocenters. The summed E-state index contributed by atoms with van der Waals surface area (Å²) in [5, 5.41) is 22.7. The topological polar surface area (TPSA) is 734 Å². The molecule has 14 N–H and O–H groups in total. The van der Waals surface area contributed by atoms with E-state index in [1.807, 2.05) is 0 Å². The fourth-order valence-electron chi connectivity index (χ4n) is 15.7. The molecule has 30 atom stereocenters. The molecule has 135 heavy (non-hydrogen) atoms. The van der Waals surface area contributed by atoms with Crippen molar-refractivity contribution in [2.75, 3.05) is 56.8 Å². The zero-order valence-electron chi connectivity index (χ0n) is 66.7. The van der Waals surface area contributed by atoms with Gasteiger partial charge in [-0.25, -0.2) is 60.8 Å². The van der Waals surface area contributed by atoms with E-state index in [0.717, 1.165) is 46.7 Å². The van der Waals surface area contributed by atoms with Crippen molar-refractivity contribution < 1.29 is 152 Å². The lowest BCUT2D eigenvalue weighted by atomic mass is 10.1. The highest BCUT2D eigenvalue weighted by molar-refractivity contribution is 8.44. The minimum atomic E-state index is -4.52. The summed E-state index contributed by atoms with van der Waals surface area (Å²) < 4.78 is 215. The molecule has 9 saturated heterocycles. The summed E-state index contributed by atoms with van der Waals surface area (Å²) in [6.45, 7) is -30.7. The number of anilines is 3. The molecule has 75 heteroatoms. The molecule has 0 aromatic carbocycles. The zero-order chi connectivity index (χ0) is 95.5. The lowest BCUT2D eigenvalue weighted by Crippen LogP contribution is -2.34. The van der Waals surface area contributed by atoms with Gasteiger partial charge in [0.15, 0.2) is 160 Å². The van der Waals surface area contributed by atoms with Crippen molar-refractivity contribution in [1.29, 1.82) is 0 Å². The standard InChI is InChI=1S/3C20H21F2N9O10P2S2/c3*21-9-7-3-36-42(34,44)40-13-8(39-18(10(13)22)31-15-11(28-29-31)6(32)1-2-24-15)4-37-43(35,45)41-14(9)19(38-7)30-5-25-12-16(30)26-20(23)27-17(12)33/h3*2,5,7-10,13-14,18-19H,1,3-4H2,(H,34,44)(H,35,45)(H3,23,26,27,33)/t3*7-,8-,9-,10+,13-,14-,18-,19-,42?,43?/m111/s1. The number of nitrogens with zero attached hydrogens (tertiary/aromatic N) is 21. The Hall–Kier alpha value is -7.62. The number of Topliss-reactive ketones (excluding diaryl/α,β-unsaturated/α-hetero) is 3. The molecule has 9 aromatic heterocycles. The molecular formula is C60H63F6N27O30P6S6. The highest BCUT2D eigenvalue weighted by Gasteiger charge is 2.60. The van der Waals surface area contributed by atoms with Gasteiger partial charge in [-0.05, 0) is 59.0 Å². The van der Waals surface area contributed by atoms with E-state index < -0.39 is 262 Å². The van der Waals surface area contributed by atoms with Gasteiger partial charge in [0.1, 0.15) is 73.2 Å². The molecule has 9 fully saturated rings. The smallest absolute Gasteiger partial charge is 0.369 e. The van der Waals surface area contributed by atoms with Gasteiger partial charge < -0.3 is 92.7 Å². The number of carbonyl (C=O) groups excluding carboxylic acids is 3. The number of rotatable bonds is 6. The number of nitrogen functional groups attached to an aromatic ring is 3. The summed E-state index contributed by atoms with van der Waals surface area (Å²) in [7, 11) is 0. The Balaban J connectivity index is 0.000000130. The molecule has 0 saturated carbocycles. The van der Waals surface area contributed by atoms with Gasteiger partial charge in [0.05, 0.1) is 58.6 Å². The minimum absolute atomic E-state index is 0.0173. The Morgan fingerprint density at radius 3 is 0.911 bits per heavy atom. The van der Waals surface area contributed by atoms with E-state index in [0.29, 0.717) is 0 Å². The number of aromatic amines is 3. The van der Waals surface area contributed by atoms with Crippen molar-refractivity contribution in [1.82, 2.24) is 104 Å². The first-order valence-corrected chi connectivity index (χ1v) is 54.5. The SMILES string of the molecule is Nc1nc2c(ncn2[C@@H]2O[C@@H]3COP(O)(=S)O[C@H]4[C@H](F)[C@H](n5nnc6c5N=CCC6=O)O[C@@H]4COP(=O)(S)O[C@@H]2[C@@H]3F)c(=O)[nH]1.Nc1nc2c(ncn2[C@@H]2O[C@@H]3COP(O)(=S)O[C@H]4[C@H](F)[C@H](n5nnc6c5N=CCC6=O)O[C@@H]4COP(O)(=S)O[C@@H]2[C@@H]3F)c(=O)[nH]1.Nc1nc2c(ncn2[C@@H]2O[C@@H]3COP(O)(=S)O[C@H]4[C@H](F)[C@H](n5nnc6c5N=CCC6=O)O[C@@H]4COP(O)(=S)O[C@@H]2[C@@H]3F)c(=O)[nH]1. The molecule has 726 valence electrons. The van der Waals surface area contributed by atoms with Crippen LogP contribution in [0.1, 0.15) is 88.1 Å². The van der Waals surface area contributed by atoms with Gasteiger partial charge in [0.25, 0.3) is 16.7 Å². The van der Waals surface area contributed by atoms with Crippen LogP contribution in [-0.2, 0) is 146 Å². The number of aromatic nitrogens is 21. The summed E-state index contributed by atoms with van der Waals surface area (Å²) in [5.41, 5.74) is 13.9. The molecule has 0 radical (unpaired) electrons. The van der Waals surface area contributed by atoms with Crippen LogP contribution in [0.15, 0.2) is 48.3 Å². The van der Waals surface area contributed by atoms with Crippen LogP contribution in [-0.4, -0.2) is 314 Å². The lowest BCUT2D eigenvalue weighted by molar-refractivity contribution is -0.0621. The van der Waals surface area contributed by atoms with Crippen LogP contribution in [0.5, 0.6) is 0 Å². The summed E-state index contributed by atoms with van der Waals surface area (Å²) in [6, 6.07) is 0. The molecule has 21 rings (SSSR count). The number of alkyl halides is 6. The van der Waals surface area contributed by atoms with Gasteiger partial charge in [0, 0.05) is 37.9 Å². The number of H-pyrrole nitrogens is 3. The van der Waals surface area contributed by atoms with Crippen molar-refractivity contribution in [2.45, 2.75) is 167 Å². The van der Waals surface area contributed by atoms with Crippen molar-refractivity contribution in [3.8, 4) is 0 Å². The highest BCUT2D eigenvalue weighted by Crippen LogP contribution is 2.62. The number of carbonyl (C=O) groups is 3. The number of ketones is 3. The summed E-state index contributed by atoms with van der Waals surface area (Å²) in [6.07, 6.45) is -33.8. The maximum atomic E-state index is 15.9. The third-order valence-corrected chi connectivity index (χ3v) is 31.1. The second-order valence-electron chi connectivity index (χ2n) is 30.3. The van der Waals surface area contributed by atoms with Crippen LogP contribution >= 0.6 is 52.6 Å². The number of aliphatic imine (C=N–C) groups is 3. The average Bonchev–Trinajstić information content (AvgIpc) is 1.62. The molecule has 6 bridgehead atoms. The predicted molar refractivity (Wildman–Crippen MR) is 456 cm³/mol. The molecule has 9 aromatic rings. The lowest BCUT2D eigenvalue weighted by Gasteiger charge is -2.27. The first-order valence-electron chi connectivity index (χ1n) is 38.9. The van der Waals surface area contributed by atoms with Crippen molar-refractivity contribution in [3.63, 3.8) is 0 Å². The number of hydrogen-bond donors (Lipinski definition) is 12. The fourth-order valence-corrected chi connectivity index (χ4v) is 24.2. The van der Waals surface area contributed by atoms with Crippen LogP contribution in [0.2, 0.25) is 0 Å². The van der Waals surface area contributed by atoms with Gasteiger partial charge in [-0.2, -0.15) is 29.0 Å². The Labute approximate surface area is 774 Å². The highest BCUT2D eigenvalue weighted by atomic mass is 32.7. The summed E-state index contributed by atoms with van der Waals surface area (Å²) in [4.78, 5) is 171. The number of halogens is 6. The van der Waals surface area contributed by atoms with Crippen LogP contribution in [0.25, 0.3) is 33.5 Å². The van der Waals surface area contributed by atoms with E-state index in [2.05, 4.69) is 103 Å². The molecule has 0 aliphatic carbocycles. The number of fused-ring (bicyclic) bond motifs is 15. The van der Waals surface area contributed by atoms with Crippen molar-refractivity contribution in [3.05, 3.63) is 67.1 Å². The monoisotopic (exact) mass is 2130 g/mol. The van der Waals surface area contributed by atoms with E-state index in [1.54, 1.807) is 0 Å². The maximum absolute atomic E-state index is 15.9. The maximum Gasteiger partial charge on any atom is 0.386 e. The van der Waals surface area contributed by atoms with Crippen LogP contribution in [0, 0.1) is 0 Å². The minimum Gasteiger partial charge on any atom is -0.369 e. The van der Waals surface area contributed by atoms with Gasteiger partial charge in [-0.3, -0.25) is 89.1 Å².